The molecule has 220 valence electrons. The van der Waals surface area contributed by atoms with Crippen LogP contribution >= 0.6 is 30.4 Å². The van der Waals surface area contributed by atoms with Crippen molar-refractivity contribution in [1.29, 1.82) is 0 Å². The number of rotatable bonds is 30. The highest BCUT2D eigenvalue weighted by Crippen LogP contribution is 2.14. The lowest BCUT2D eigenvalue weighted by Gasteiger charge is -2.08. The van der Waals surface area contributed by atoms with Crippen molar-refractivity contribution in [2.75, 3.05) is 104 Å². The number of nitrogens with one attached hydrogen (secondary N) is 2. The second-order valence-electron chi connectivity index (χ2n) is 7.72. The zero-order valence-electron chi connectivity index (χ0n) is 22.7. The molecule has 37 heavy (non-hydrogen) atoms. The second kappa shape index (κ2) is 32.0. The van der Waals surface area contributed by atoms with Crippen molar-refractivity contribution in [3.63, 3.8) is 0 Å². The maximum atomic E-state index is 11.7. The summed E-state index contributed by atoms with van der Waals surface area (Å²) in [6.07, 6.45) is 7.08. The van der Waals surface area contributed by atoms with Gasteiger partial charge in [-0.15, -0.1) is 0 Å². The highest BCUT2D eigenvalue weighted by atomic mass is 33.1. The van der Waals surface area contributed by atoms with Gasteiger partial charge in [-0.2, -0.15) is 0 Å². The fourth-order valence-corrected chi connectivity index (χ4v) is 4.24. The molecule has 0 aromatic heterocycles. The average Bonchev–Trinajstić information content (AvgIpc) is 2.90. The molecule has 2 N–H and O–H groups in total. The van der Waals surface area contributed by atoms with Gasteiger partial charge in [0.25, 0.3) is 0 Å². The molecule has 0 aromatic rings. The predicted molar refractivity (Wildman–Crippen MR) is 154 cm³/mol. The van der Waals surface area contributed by atoms with Crippen LogP contribution in [-0.2, 0) is 37.8 Å². The molecular weight excluding hydrogens is 539 g/mol. The van der Waals surface area contributed by atoms with E-state index in [1.54, 1.807) is 21.6 Å². The molecule has 1 atom stereocenters. The molecule has 0 rings (SSSR count). The standard InChI is InChI=1S/C24H49N2O8PS2/c1-35-34-11-6-4-3-5-9-25-23(27)7-12-29-14-16-31-18-20-33-21-19-32-17-15-30-13-8-24(28)26-10-22-37-36-2/h35H,3-22H2,1-2H3,(H,25,27)(H,26,28). The number of carbonyl (C=O) groups excluding carboxylic acids is 2. The van der Waals surface area contributed by atoms with Crippen LogP contribution in [0.25, 0.3) is 0 Å². The van der Waals surface area contributed by atoms with Crippen LogP contribution in [0.2, 0.25) is 0 Å². The van der Waals surface area contributed by atoms with Crippen LogP contribution in [0.3, 0.4) is 0 Å². The second-order valence-corrected chi connectivity index (χ2v) is 11.1. The Balaban J connectivity index is 3.17. The summed E-state index contributed by atoms with van der Waals surface area (Å²) in [5, 5.41) is 5.77. The minimum atomic E-state index is 0.0127. The Kier molecular flexibility index (Phi) is 31.9. The molecule has 0 aromatic carbocycles. The number of hydrogen-bond donors (Lipinski definition) is 2. The van der Waals surface area contributed by atoms with E-state index in [2.05, 4.69) is 10.6 Å². The fourth-order valence-electron chi connectivity index (χ4n) is 2.79. The Labute approximate surface area is 233 Å². The van der Waals surface area contributed by atoms with Crippen LogP contribution in [0, 0.1) is 0 Å². The van der Waals surface area contributed by atoms with Gasteiger partial charge in [-0.3, -0.25) is 9.59 Å². The molecule has 0 radical (unpaired) electrons. The van der Waals surface area contributed by atoms with Crippen LogP contribution < -0.4 is 10.6 Å². The van der Waals surface area contributed by atoms with E-state index in [1.807, 2.05) is 12.9 Å². The van der Waals surface area contributed by atoms with Crippen LogP contribution in [0.1, 0.15) is 38.5 Å². The highest BCUT2D eigenvalue weighted by Gasteiger charge is 2.02. The Morgan fingerprint density at radius 3 is 1.57 bits per heavy atom. The molecule has 0 aliphatic heterocycles. The smallest absolute Gasteiger partial charge is 0.222 e. The summed E-state index contributed by atoms with van der Waals surface area (Å²) in [4.78, 5) is 23.3. The van der Waals surface area contributed by atoms with E-state index < -0.39 is 0 Å². The van der Waals surface area contributed by atoms with Gasteiger partial charge in [0.15, 0.2) is 0 Å². The maximum absolute atomic E-state index is 11.7. The number of carbonyl (C=O) groups is 2. The van der Waals surface area contributed by atoms with Crippen LogP contribution in [0.5, 0.6) is 0 Å². The van der Waals surface area contributed by atoms with Crippen LogP contribution in [0.4, 0.5) is 0 Å². The van der Waals surface area contributed by atoms with Crippen molar-refractivity contribution in [1.82, 2.24) is 10.6 Å². The number of amides is 2. The molecule has 0 saturated heterocycles. The van der Waals surface area contributed by atoms with Crippen LogP contribution in [0.15, 0.2) is 0 Å². The summed E-state index contributed by atoms with van der Waals surface area (Å²) >= 11 is 0. The summed E-state index contributed by atoms with van der Waals surface area (Å²) in [7, 11) is 3.98. The van der Waals surface area contributed by atoms with Crippen molar-refractivity contribution < 1.29 is 37.8 Å². The molecule has 0 aliphatic carbocycles. The van der Waals surface area contributed by atoms with Gasteiger partial charge in [-0.05, 0) is 25.8 Å². The zero-order valence-corrected chi connectivity index (χ0v) is 25.4. The summed E-state index contributed by atoms with van der Waals surface area (Å²) in [6, 6.07) is 0. The van der Waals surface area contributed by atoms with Gasteiger partial charge in [0.05, 0.1) is 72.7 Å². The lowest BCUT2D eigenvalue weighted by Crippen LogP contribution is -2.26. The minimum Gasteiger partial charge on any atom is -0.379 e. The normalized spacial score (nSPS) is 11.4. The van der Waals surface area contributed by atoms with E-state index in [0.29, 0.717) is 94.3 Å². The first-order valence-electron chi connectivity index (χ1n) is 13.1. The summed E-state index contributed by atoms with van der Waals surface area (Å²) in [6.45, 7) is 8.84. The van der Waals surface area contributed by atoms with E-state index in [0.717, 1.165) is 44.6 Å². The van der Waals surface area contributed by atoms with Crippen molar-refractivity contribution in [3.05, 3.63) is 0 Å². The largest absolute Gasteiger partial charge is 0.379 e. The molecule has 0 heterocycles. The van der Waals surface area contributed by atoms with Crippen LogP contribution in [-0.4, -0.2) is 116 Å². The van der Waals surface area contributed by atoms with Gasteiger partial charge < -0.3 is 38.8 Å². The third-order valence-corrected chi connectivity index (χ3v) is 7.01. The van der Waals surface area contributed by atoms with Crippen molar-refractivity contribution in [3.8, 4) is 0 Å². The van der Waals surface area contributed by atoms with Crippen molar-refractivity contribution >= 4 is 42.2 Å². The first kappa shape index (κ1) is 36.8. The zero-order chi connectivity index (χ0) is 27.1. The SMILES string of the molecule is CPOCCCCCCNC(=O)CCOCCOCCOCCOCCOCCC(=O)NCCSSC. The van der Waals surface area contributed by atoms with Gasteiger partial charge in [0.1, 0.15) is 0 Å². The molecular formula is C24H49N2O8PS2. The quantitative estimate of drug-likeness (QED) is 0.0738. The summed E-state index contributed by atoms with van der Waals surface area (Å²) < 4.78 is 32.5. The Bertz CT molecular complexity index is 513. The van der Waals surface area contributed by atoms with E-state index in [-0.39, 0.29) is 11.8 Å². The molecule has 10 nitrogen and oxygen atoms in total. The van der Waals surface area contributed by atoms with Gasteiger partial charge in [0.2, 0.25) is 11.8 Å². The topological polar surface area (TPSA) is 114 Å². The minimum absolute atomic E-state index is 0.0127. The fraction of sp³-hybridized carbons (Fsp3) is 0.917. The highest BCUT2D eigenvalue weighted by molar-refractivity contribution is 8.76. The molecule has 13 heteroatoms. The number of unbranched alkanes of at least 4 members (excludes halogenated alkanes) is 3. The third kappa shape index (κ3) is 31.9. The Hall–Kier alpha value is -0.170. The van der Waals surface area contributed by atoms with E-state index >= 15 is 0 Å². The Morgan fingerprint density at radius 1 is 0.622 bits per heavy atom. The predicted octanol–water partition coefficient (Wildman–Crippen LogP) is 2.89. The molecule has 1 unspecified atom stereocenters. The van der Waals surface area contributed by atoms with E-state index in [1.165, 1.54) is 0 Å². The van der Waals surface area contributed by atoms with Crippen molar-refractivity contribution in [2.24, 2.45) is 0 Å². The van der Waals surface area contributed by atoms with E-state index in [9.17, 15) is 9.59 Å². The average molecular weight is 589 g/mol. The third-order valence-electron chi connectivity index (χ3n) is 4.70. The monoisotopic (exact) mass is 588 g/mol. The summed E-state index contributed by atoms with van der Waals surface area (Å²) in [5.41, 5.74) is 0. The summed E-state index contributed by atoms with van der Waals surface area (Å²) in [5.74, 6) is 0.944. The van der Waals surface area contributed by atoms with Gasteiger partial charge in [-0.25, -0.2) is 0 Å². The molecule has 0 aliphatic rings. The first-order valence-corrected chi connectivity index (χ1v) is 17.2. The molecule has 0 fully saturated rings. The molecule has 0 bridgehead atoms. The number of hydrogen-bond acceptors (Lipinski definition) is 10. The number of ether oxygens (including phenoxy) is 5. The lowest BCUT2D eigenvalue weighted by atomic mass is 10.2. The van der Waals surface area contributed by atoms with Crippen molar-refractivity contribution in [2.45, 2.75) is 38.5 Å². The van der Waals surface area contributed by atoms with Gasteiger partial charge >= 0.3 is 0 Å². The Morgan fingerprint density at radius 2 is 1.08 bits per heavy atom. The first-order chi connectivity index (χ1) is 18.2. The van der Waals surface area contributed by atoms with Gasteiger partial charge in [0, 0.05) is 40.5 Å². The maximum Gasteiger partial charge on any atom is 0.222 e. The molecule has 0 saturated carbocycles. The molecule has 2 amide bonds. The molecule has 0 spiro atoms. The van der Waals surface area contributed by atoms with Gasteiger partial charge in [-0.1, -0.05) is 34.4 Å². The van der Waals surface area contributed by atoms with E-state index in [4.69, 9.17) is 28.2 Å². The lowest BCUT2D eigenvalue weighted by molar-refractivity contribution is -0.123.